The standard InChI is InChI=1S/C18H19NO3/c20-17(12-14-4-2-1-3-5-14)16-7-6-15(13-18(16)21)19-8-10-22-11-9-19/h1-7,13,21H,8-12H2. The summed E-state index contributed by atoms with van der Waals surface area (Å²) in [6.45, 7) is 2.98. The predicted octanol–water partition coefficient (Wildman–Crippen LogP) is 2.65. The minimum atomic E-state index is -0.0720. The lowest BCUT2D eigenvalue weighted by molar-refractivity contribution is 0.0990. The van der Waals surface area contributed by atoms with Gasteiger partial charge in [0.05, 0.1) is 18.8 Å². The second kappa shape index (κ2) is 6.62. The number of anilines is 1. The largest absolute Gasteiger partial charge is 0.507 e. The molecule has 2 aromatic rings. The Labute approximate surface area is 130 Å². The van der Waals surface area contributed by atoms with Gasteiger partial charge in [-0.05, 0) is 17.7 Å². The number of nitrogens with zero attached hydrogens (tertiary/aromatic N) is 1. The Hall–Kier alpha value is -2.33. The molecule has 0 aromatic heterocycles. The molecule has 0 radical (unpaired) electrons. The predicted molar refractivity (Wildman–Crippen MR) is 85.6 cm³/mol. The lowest BCUT2D eigenvalue weighted by atomic mass is 10.0. The fourth-order valence-electron chi connectivity index (χ4n) is 2.65. The Balaban J connectivity index is 1.75. The van der Waals surface area contributed by atoms with Crippen molar-refractivity contribution in [3.8, 4) is 5.75 Å². The van der Waals surface area contributed by atoms with Crippen LogP contribution in [-0.4, -0.2) is 37.2 Å². The molecule has 1 aliphatic heterocycles. The van der Waals surface area contributed by atoms with E-state index in [1.165, 1.54) is 0 Å². The summed E-state index contributed by atoms with van der Waals surface area (Å²) >= 11 is 0. The minimum Gasteiger partial charge on any atom is -0.507 e. The number of hydrogen-bond donors (Lipinski definition) is 1. The second-order valence-electron chi connectivity index (χ2n) is 5.39. The molecule has 0 atom stereocenters. The zero-order valence-corrected chi connectivity index (χ0v) is 12.4. The van der Waals surface area contributed by atoms with E-state index >= 15 is 0 Å². The van der Waals surface area contributed by atoms with Gasteiger partial charge in [0.15, 0.2) is 5.78 Å². The number of ketones is 1. The number of phenols is 1. The Bertz CT molecular complexity index is 649. The summed E-state index contributed by atoms with van der Waals surface area (Å²) in [5, 5.41) is 10.2. The summed E-state index contributed by atoms with van der Waals surface area (Å²) in [5.74, 6) is -0.0258. The summed E-state index contributed by atoms with van der Waals surface area (Å²) in [7, 11) is 0. The minimum absolute atomic E-state index is 0.0462. The molecule has 114 valence electrons. The Morgan fingerprint density at radius 2 is 1.82 bits per heavy atom. The number of carbonyl (C=O) groups excluding carboxylic acids is 1. The third-order valence-corrected chi connectivity index (χ3v) is 3.87. The number of carbonyl (C=O) groups is 1. The van der Waals surface area contributed by atoms with Gasteiger partial charge in [-0.2, -0.15) is 0 Å². The first-order valence-corrected chi connectivity index (χ1v) is 7.47. The summed E-state index contributed by atoms with van der Waals surface area (Å²) in [6, 6.07) is 14.8. The van der Waals surface area contributed by atoms with E-state index < -0.39 is 0 Å². The molecule has 0 unspecified atom stereocenters. The first-order chi connectivity index (χ1) is 10.7. The number of morpholine rings is 1. The molecule has 3 rings (SSSR count). The van der Waals surface area contributed by atoms with Gasteiger partial charge in [-0.25, -0.2) is 0 Å². The highest BCUT2D eigenvalue weighted by Crippen LogP contribution is 2.26. The van der Waals surface area contributed by atoms with E-state index in [0.717, 1.165) is 24.3 Å². The molecule has 1 heterocycles. The normalized spacial score (nSPS) is 14.8. The highest BCUT2D eigenvalue weighted by atomic mass is 16.5. The average Bonchev–Trinajstić information content (AvgIpc) is 2.56. The third-order valence-electron chi connectivity index (χ3n) is 3.87. The maximum Gasteiger partial charge on any atom is 0.170 e. The highest BCUT2D eigenvalue weighted by Gasteiger charge is 2.16. The van der Waals surface area contributed by atoms with Crippen LogP contribution in [-0.2, 0) is 11.2 Å². The molecule has 1 saturated heterocycles. The topological polar surface area (TPSA) is 49.8 Å². The number of benzene rings is 2. The molecule has 0 bridgehead atoms. The average molecular weight is 297 g/mol. The van der Waals surface area contributed by atoms with Gasteiger partial charge in [-0.3, -0.25) is 4.79 Å². The molecule has 0 amide bonds. The van der Waals surface area contributed by atoms with Gasteiger partial charge in [0.1, 0.15) is 5.75 Å². The van der Waals surface area contributed by atoms with Crippen molar-refractivity contribution in [2.75, 3.05) is 31.2 Å². The summed E-state index contributed by atoms with van der Waals surface area (Å²) in [4.78, 5) is 14.5. The first-order valence-electron chi connectivity index (χ1n) is 7.47. The zero-order valence-electron chi connectivity index (χ0n) is 12.4. The highest BCUT2D eigenvalue weighted by molar-refractivity contribution is 6.00. The van der Waals surface area contributed by atoms with E-state index in [-0.39, 0.29) is 11.5 Å². The van der Waals surface area contributed by atoms with Gasteiger partial charge in [-0.15, -0.1) is 0 Å². The van der Waals surface area contributed by atoms with Crippen molar-refractivity contribution in [2.24, 2.45) is 0 Å². The van der Waals surface area contributed by atoms with Crippen LogP contribution in [0.3, 0.4) is 0 Å². The molecule has 1 N–H and O–H groups in total. The van der Waals surface area contributed by atoms with Crippen molar-refractivity contribution in [1.82, 2.24) is 0 Å². The number of ether oxygens (including phenoxy) is 1. The SMILES string of the molecule is O=C(Cc1ccccc1)c1ccc(N2CCOCC2)cc1O. The van der Waals surface area contributed by atoms with Crippen LogP contribution < -0.4 is 4.90 Å². The van der Waals surface area contributed by atoms with Crippen LogP contribution in [0.1, 0.15) is 15.9 Å². The Morgan fingerprint density at radius 3 is 2.50 bits per heavy atom. The first kappa shape index (κ1) is 14.6. The molecular formula is C18H19NO3. The van der Waals surface area contributed by atoms with Crippen LogP contribution in [0.4, 0.5) is 5.69 Å². The molecule has 1 fully saturated rings. The molecular weight excluding hydrogens is 278 g/mol. The maximum atomic E-state index is 12.3. The number of Topliss-reactive ketones (excluding diaryl/α,β-unsaturated/α-hetero) is 1. The van der Waals surface area contributed by atoms with Gasteiger partial charge >= 0.3 is 0 Å². The van der Waals surface area contributed by atoms with E-state index in [4.69, 9.17) is 4.74 Å². The van der Waals surface area contributed by atoms with Gasteiger partial charge in [0.2, 0.25) is 0 Å². The summed E-state index contributed by atoms with van der Waals surface area (Å²) in [5.41, 5.74) is 2.25. The van der Waals surface area contributed by atoms with Crippen molar-refractivity contribution in [1.29, 1.82) is 0 Å². The van der Waals surface area contributed by atoms with Crippen LogP contribution in [0, 0.1) is 0 Å². The van der Waals surface area contributed by atoms with E-state index in [1.54, 1.807) is 12.1 Å². The van der Waals surface area contributed by atoms with E-state index in [2.05, 4.69) is 4.90 Å². The number of rotatable bonds is 4. The number of hydrogen-bond acceptors (Lipinski definition) is 4. The molecule has 0 spiro atoms. The molecule has 1 aliphatic rings. The van der Waals surface area contributed by atoms with Crippen LogP contribution in [0.2, 0.25) is 0 Å². The molecule has 0 aliphatic carbocycles. The van der Waals surface area contributed by atoms with Crippen molar-refractivity contribution in [3.63, 3.8) is 0 Å². The van der Waals surface area contributed by atoms with Crippen LogP contribution >= 0.6 is 0 Å². The summed E-state index contributed by atoms with van der Waals surface area (Å²) < 4.78 is 5.32. The van der Waals surface area contributed by atoms with E-state index in [0.29, 0.717) is 25.2 Å². The van der Waals surface area contributed by atoms with Gasteiger partial charge in [-0.1, -0.05) is 30.3 Å². The summed E-state index contributed by atoms with van der Waals surface area (Å²) in [6.07, 6.45) is 0.297. The molecule has 22 heavy (non-hydrogen) atoms. The number of phenolic OH excluding ortho intramolecular Hbond substituents is 1. The van der Waals surface area contributed by atoms with Crippen molar-refractivity contribution in [2.45, 2.75) is 6.42 Å². The van der Waals surface area contributed by atoms with Crippen LogP contribution in [0.5, 0.6) is 5.75 Å². The number of aromatic hydroxyl groups is 1. The Kier molecular flexibility index (Phi) is 4.39. The van der Waals surface area contributed by atoms with Crippen molar-refractivity contribution in [3.05, 3.63) is 59.7 Å². The molecule has 0 saturated carbocycles. The molecule has 4 heteroatoms. The Morgan fingerprint density at radius 1 is 1.09 bits per heavy atom. The van der Waals surface area contributed by atoms with Crippen LogP contribution in [0.15, 0.2) is 48.5 Å². The third kappa shape index (κ3) is 3.28. The van der Waals surface area contributed by atoms with Gasteiger partial charge in [0, 0.05) is 31.3 Å². The fourth-order valence-corrected chi connectivity index (χ4v) is 2.65. The quantitative estimate of drug-likeness (QED) is 0.882. The van der Waals surface area contributed by atoms with Crippen molar-refractivity contribution < 1.29 is 14.6 Å². The molecule has 4 nitrogen and oxygen atoms in total. The monoisotopic (exact) mass is 297 g/mol. The van der Waals surface area contributed by atoms with E-state index in [9.17, 15) is 9.90 Å². The van der Waals surface area contributed by atoms with Gasteiger partial charge < -0.3 is 14.7 Å². The second-order valence-corrected chi connectivity index (χ2v) is 5.39. The smallest absolute Gasteiger partial charge is 0.170 e. The molecule has 2 aromatic carbocycles. The maximum absolute atomic E-state index is 12.3. The lowest BCUT2D eigenvalue weighted by Crippen LogP contribution is -2.36. The van der Waals surface area contributed by atoms with Crippen LogP contribution in [0.25, 0.3) is 0 Å². The van der Waals surface area contributed by atoms with Gasteiger partial charge in [0.25, 0.3) is 0 Å². The lowest BCUT2D eigenvalue weighted by Gasteiger charge is -2.29. The van der Waals surface area contributed by atoms with Crippen molar-refractivity contribution >= 4 is 11.5 Å². The fraction of sp³-hybridized carbons (Fsp3) is 0.278. The zero-order chi connectivity index (χ0) is 15.4. The van der Waals surface area contributed by atoms with E-state index in [1.807, 2.05) is 36.4 Å².